The molecule has 3 atom stereocenters. The number of para-hydroxylation sites is 2. The topological polar surface area (TPSA) is 50.7 Å². The third-order valence-corrected chi connectivity index (χ3v) is 6.45. The highest BCUT2D eigenvalue weighted by Crippen LogP contribution is 2.44. The highest BCUT2D eigenvalue weighted by atomic mass is 16.5. The Kier molecular flexibility index (Phi) is 5.06. The SMILES string of the molecule is COc1ccc([C@@H]2CC(=O)[C@@H]3C(=Nc4ccccc4N[C@H]3c3ccc(C)cc3)C2)cc1. The summed E-state index contributed by atoms with van der Waals surface area (Å²) in [6.07, 6.45) is 1.30. The van der Waals surface area contributed by atoms with Crippen molar-refractivity contribution in [3.8, 4) is 5.75 Å². The quantitative estimate of drug-likeness (QED) is 0.576. The van der Waals surface area contributed by atoms with Crippen molar-refractivity contribution in [2.75, 3.05) is 12.4 Å². The molecule has 5 rings (SSSR count). The monoisotopic (exact) mass is 410 g/mol. The van der Waals surface area contributed by atoms with Gasteiger partial charge in [0.2, 0.25) is 0 Å². The number of anilines is 1. The van der Waals surface area contributed by atoms with Gasteiger partial charge < -0.3 is 10.1 Å². The van der Waals surface area contributed by atoms with E-state index in [-0.39, 0.29) is 23.7 Å². The molecule has 1 N–H and O–H groups in total. The van der Waals surface area contributed by atoms with Crippen molar-refractivity contribution in [3.05, 3.63) is 89.5 Å². The number of aryl methyl sites for hydroxylation is 1. The summed E-state index contributed by atoms with van der Waals surface area (Å²) in [7, 11) is 1.67. The van der Waals surface area contributed by atoms with Crippen LogP contribution in [-0.2, 0) is 4.79 Å². The lowest BCUT2D eigenvalue weighted by molar-refractivity contribution is -0.122. The van der Waals surface area contributed by atoms with E-state index in [1.54, 1.807) is 7.11 Å². The molecule has 0 saturated heterocycles. The van der Waals surface area contributed by atoms with Crippen LogP contribution in [0.2, 0.25) is 0 Å². The largest absolute Gasteiger partial charge is 0.497 e. The van der Waals surface area contributed by atoms with Gasteiger partial charge in [0.15, 0.2) is 0 Å². The third kappa shape index (κ3) is 3.74. The summed E-state index contributed by atoms with van der Waals surface area (Å²) in [5.74, 6) is 0.951. The molecule has 2 aliphatic rings. The van der Waals surface area contributed by atoms with Crippen molar-refractivity contribution in [1.82, 2.24) is 0 Å². The zero-order valence-electron chi connectivity index (χ0n) is 17.8. The summed E-state index contributed by atoms with van der Waals surface area (Å²) in [4.78, 5) is 18.6. The molecule has 0 bridgehead atoms. The number of nitrogens with one attached hydrogen (secondary N) is 1. The molecular formula is C27H26N2O2. The molecule has 1 aliphatic heterocycles. The number of ether oxygens (including phenoxy) is 1. The van der Waals surface area contributed by atoms with Gasteiger partial charge in [-0.25, -0.2) is 0 Å². The van der Waals surface area contributed by atoms with Gasteiger partial charge >= 0.3 is 0 Å². The van der Waals surface area contributed by atoms with Gasteiger partial charge in [-0.3, -0.25) is 9.79 Å². The first kappa shape index (κ1) is 19.6. The molecule has 3 aromatic rings. The van der Waals surface area contributed by atoms with Crippen LogP contribution in [0.25, 0.3) is 0 Å². The lowest BCUT2D eigenvalue weighted by Gasteiger charge is -2.34. The summed E-state index contributed by atoms with van der Waals surface area (Å²) in [6.45, 7) is 2.08. The highest BCUT2D eigenvalue weighted by Gasteiger charge is 2.41. The lowest BCUT2D eigenvalue weighted by atomic mass is 9.72. The van der Waals surface area contributed by atoms with Crippen LogP contribution in [0.15, 0.2) is 77.8 Å². The van der Waals surface area contributed by atoms with Crippen molar-refractivity contribution in [3.63, 3.8) is 0 Å². The number of nitrogens with zero attached hydrogens (tertiary/aromatic N) is 1. The number of methoxy groups -OCH3 is 1. The molecule has 1 fully saturated rings. The maximum absolute atomic E-state index is 13.5. The van der Waals surface area contributed by atoms with Crippen molar-refractivity contribution in [1.29, 1.82) is 0 Å². The number of hydrogen-bond acceptors (Lipinski definition) is 4. The Bertz CT molecular complexity index is 1130. The minimum absolute atomic E-state index is 0.118. The van der Waals surface area contributed by atoms with Crippen LogP contribution in [0, 0.1) is 12.8 Å². The van der Waals surface area contributed by atoms with Gasteiger partial charge in [-0.15, -0.1) is 0 Å². The normalized spacial score (nSPS) is 22.5. The minimum Gasteiger partial charge on any atom is -0.497 e. The van der Waals surface area contributed by atoms with Gasteiger partial charge in [-0.05, 0) is 54.7 Å². The number of benzene rings is 3. The minimum atomic E-state index is -0.260. The van der Waals surface area contributed by atoms with Crippen LogP contribution in [-0.4, -0.2) is 18.6 Å². The standard InChI is InChI=1S/C27H26N2O2/c1-17-7-9-19(10-8-17)27-26-24(28-22-5-3-4-6-23(22)29-27)15-20(16-25(26)30)18-11-13-21(31-2)14-12-18/h3-14,20,26-27,29H,15-16H2,1-2H3/t20-,26-,27-/m0/s1. The summed E-state index contributed by atoms with van der Waals surface area (Å²) < 4.78 is 5.29. The number of rotatable bonds is 3. The summed E-state index contributed by atoms with van der Waals surface area (Å²) in [5, 5.41) is 3.64. The fraction of sp³-hybridized carbons (Fsp3) is 0.259. The second-order valence-electron chi connectivity index (χ2n) is 8.48. The first-order valence-corrected chi connectivity index (χ1v) is 10.8. The van der Waals surface area contributed by atoms with Crippen molar-refractivity contribution < 1.29 is 9.53 Å². The van der Waals surface area contributed by atoms with Crippen molar-refractivity contribution in [2.45, 2.75) is 31.7 Å². The van der Waals surface area contributed by atoms with Gasteiger partial charge in [0, 0.05) is 12.1 Å². The van der Waals surface area contributed by atoms with Crippen molar-refractivity contribution in [2.24, 2.45) is 10.9 Å². The van der Waals surface area contributed by atoms with Crippen LogP contribution in [0.1, 0.15) is 41.5 Å². The number of fused-ring (bicyclic) bond motifs is 2. The molecule has 1 saturated carbocycles. The third-order valence-electron chi connectivity index (χ3n) is 6.45. The van der Waals surface area contributed by atoms with E-state index in [4.69, 9.17) is 9.73 Å². The molecular weight excluding hydrogens is 384 g/mol. The summed E-state index contributed by atoms with van der Waals surface area (Å²) >= 11 is 0. The number of hydrogen-bond donors (Lipinski definition) is 1. The Morgan fingerprint density at radius 1 is 0.903 bits per heavy atom. The number of carbonyl (C=O) groups is 1. The fourth-order valence-electron chi connectivity index (χ4n) is 4.76. The van der Waals surface area contributed by atoms with Gasteiger partial charge in [0.25, 0.3) is 0 Å². The molecule has 0 spiro atoms. The summed E-state index contributed by atoms with van der Waals surface area (Å²) in [5.41, 5.74) is 6.34. The molecule has 1 heterocycles. The molecule has 4 nitrogen and oxygen atoms in total. The lowest BCUT2D eigenvalue weighted by Crippen LogP contribution is -2.38. The molecule has 4 heteroatoms. The number of Topliss-reactive ketones (excluding diaryl/α,β-unsaturated/α-hetero) is 1. The van der Waals surface area contributed by atoms with Crippen molar-refractivity contribution >= 4 is 22.9 Å². The number of carbonyl (C=O) groups excluding carboxylic acids is 1. The van der Waals surface area contributed by atoms with E-state index in [1.807, 2.05) is 36.4 Å². The van der Waals surface area contributed by atoms with Crippen LogP contribution in [0.3, 0.4) is 0 Å². The van der Waals surface area contributed by atoms with E-state index in [9.17, 15) is 4.79 Å². The second-order valence-corrected chi connectivity index (χ2v) is 8.48. The van der Waals surface area contributed by atoms with Crippen LogP contribution >= 0.6 is 0 Å². The molecule has 3 aromatic carbocycles. The number of aliphatic imine (C=N–C) groups is 1. The van der Waals surface area contributed by atoms with E-state index in [2.05, 4.69) is 48.6 Å². The van der Waals surface area contributed by atoms with E-state index in [0.717, 1.165) is 40.4 Å². The predicted octanol–water partition coefficient (Wildman–Crippen LogP) is 6.01. The average molecular weight is 411 g/mol. The molecule has 0 radical (unpaired) electrons. The Morgan fingerprint density at radius 2 is 1.61 bits per heavy atom. The van der Waals surface area contributed by atoms with Crippen LogP contribution < -0.4 is 10.1 Å². The Morgan fingerprint density at radius 3 is 2.35 bits per heavy atom. The van der Waals surface area contributed by atoms with E-state index in [0.29, 0.717) is 6.42 Å². The average Bonchev–Trinajstić information content (AvgIpc) is 2.96. The predicted molar refractivity (Wildman–Crippen MR) is 125 cm³/mol. The highest BCUT2D eigenvalue weighted by molar-refractivity contribution is 6.10. The van der Waals surface area contributed by atoms with E-state index < -0.39 is 0 Å². The smallest absolute Gasteiger partial charge is 0.144 e. The van der Waals surface area contributed by atoms with Gasteiger partial charge in [-0.2, -0.15) is 0 Å². The maximum atomic E-state index is 13.5. The molecule has 1 aliphatic carbocycles. The molecule has 0 aromatic heterocycles. The molecule has 31 heavy (non-hydrogen) atoms. The Balaban J connectivity index is 1.55. The molecule has 0 unspecified atom stereocenters. The van der Waals surface area contributed by atoms with E-state index >= 15 is 0 Å². The molecule has 0 amide bonds. The Hall–Kier alpha value is -3.40. The second kappa shape index (κ2) is 8.03. The zero-order chi connectivity index (χ0) is 21.4. The maximum Gasteiger partial charge on any atom is 0.144 e. The van der Waals surface area contributed by atoms with Crippen LogP contribution in [0.4, 0.5) is 11.4 Å². The van der Waals surface area contributed by atoms with Gasteiger partial charge in [0.05, 0.1) is 30.4 Å². The van der Waals surface area contributed by atoms with Gasteiger partial charge in [-0.1, -0.05) is 54.1 Å². The van der Waals surface area contributed by atoms with Crippen LogP contribution in [0.5, 0.6) is 5.75 Å². The first-order chi connectivity index (χ1) is 15.1. The summed E-state index contributed by atoms with van der Waals surface area (Å²) in [6, 6.07) is 24.5. The zero-order valence-corrected chi connectivity index (χ0v) is 17.8. The first-order valence-electron chi connectivity index (χ1n) is 10.8. The Labute approximate surface area is 183 Å². The van der Waals surface area contributed by atoms with Gasteiger partial charge in [0.1, 0.15) is 11.5 Å². The van der Waals surface area contributed by atoms with E-state index in [1.165, 1.54) is 5.56 Å². The number of ketones is 1. The molecule has 156 valence electrons. The fourth-order valence-corrected chi connectivity index (χ4v) is 4.76.